The fraction of sp³-hybridized carbons (Fsp3) is 0.214. The van der Waals surface area contributed by atoms with Gasteiger partial charge in [-0.2, -0.15) is 0 Å². The summed E-state index contributed by atoms with van der Waals surface area (Å²) in [7, 11) is 1.33. The minimum atomic E-state index is -0.693. The zero-order valence-electron chi connectivity index (χ0n) is 20.0. The molecule has 0 saturated heterocycles. The van der Waals surface area contributed by atoms with E-state index in [0.29, 0.717) is 29.0 Å². The molecule has 1 aromatic heterocycles. The average molecular weight is 500 g/mol. The fourth-order valence-electron chi connectivity index (χ4n) is 4.58. The summed E-state index contributed by atoms with van der Waals surface area (Å²) in [5, 5.41) is 0.934. The molecule has 1 aliphatic rings. The number of amides is 1. The number of nitrogens with zero attached hydrogens (tertiary/aromatic N) is 3. The number of ether oxygens (including phenoxy) is 1. The molecule has 3 aromatic carbocycles. The second-order valence-electron chi connectivity index (χ2n) is 8.66. The van der Waals surface area contributed by atoms with Gasteiger partial charge in [-0.3, -0.25) is 14.2 Å². The largest absolute Gasteiger partial charge is 0.467 e. The number of benzene rings is 3. The predicted molar refractivity (Wildman–Crippen MR) is 139 cm³/mol. The minimum absolute atomic E-state index is 0.0202. The van der Waals surface area contributed by atoms with Crippen LogP contribution in [0.5, 0.6) is 0 Å². The highest BCUT2D eigenvalue weighted by atomic mass is 32.2. The molecule has 0 N–H and O–H groups in total. The number of esters is 1. The summed E-state index contributed by atoms with van der Waals surface area (Å²) < 4.78 is 6.57. The number of hydrogen-bond donors (Lipinski definition) is 0. The third kappa shape index (κ3) is 4.40. The topological polar surface area (TPSA) is 81.5 Å². The molecule has 0 radical (unpaired) electrons. The number of aryl methyl sites for hydroxylation is 1. The van der Waals surface area contributed by atoms with Gasteiger partial charge in [0, 0.05) is 13.0 Å². The second kappa shape index (κ2) is 9.99. The van der Waals surface area contributed by atoms with Crippen LogP contribution in [-0.2, 0) is 27.3 Å². The third-order valence-electron chi connectivity index (χ3n) is 6.47. The van der Waals surface area contributed by atoms with Crippen molar-refractivity contribution in [3.8, 4) is 5.69 Å². The Labute approximate surface area is 212 Å². The van der Waals surface area contributed by atoms with Gasteiger partial charge in [0.15, 0.2) is 5.16 Å². The van der Waals surface area contributed by atoms with Crippen molar-refractivity contribution in [1.82, 2.24) is 14.5 Å². The van der Waals surface area contributed by atoms with Crippen molar-refractivity contribution in [3.63, 3.8) is 0 Å². The van der Waals surface area contributed by atoms with E-state index in [9.17, 15) is 14.4 Å². The number of para-hydroxylation sites is 2. The van der Waals surface area contributed by atoms with E-state index in [2.05, 4.69) is 0 Å². The lowest BCUT2D eigenvalue weighted by Crippen LogP contribution is -2.49. The van der Waals surface area contributed by atoms with Gasteiger partial charge in [-0.1, -0.05) is 66.4 Å². The Morgan fingerprint density at radius 2 is 1.69 bits per heavy atom. The molecule has 0 unspecified atom stereocenters. The van der Waals surface area contributed by atoms with Crippen molar-refractivity contribution in [2.45, 2.75) is 31.1 Å². The fourth-order valence-corrected chi connectivity index (χ4v) is 5.47. The summed E-state index contributed by atoms with van der Waals surface area (Å²) in [5.41, 5.74) is 4.06. The van der Waals surface area contributed by atoms with Crippen molar-refractivity contribution in [3.05, 3.63) is 99.8 Å². The van der Waals surface area contributed by atoms with E-state index in [4.69, 9.17) is 9.72 Å². The van der Waals surface area contributed by atoms with E-state index < -0.39 is 12.0 Å². The average Bonchev–Trinajstić information content (AvgIpc) is 2.91. The first-order chi connectivity index (χ1) is 17.5. The third-order valence-corrected chi connectivity index (χ3v) is 7.39. The number of carbonyl (C=O) groups is 2. The normalized spacial score (nSPS) is 14.9. The molecule has 5 rings (SSSR count). The van der Waals surface area contributed by atoms with Crippen molar-refractivity contribution < 1.29 is 14.3 Å². The molecule has 1 atom stereocenters. The van der Waals surface area contributed by atoms with Gasteiger partial charge in [0.05, 0.1) is 29.5 Å². The van der Waals surface area contributed by atoms with E-state index >= 15 is 0 Å². The van der Waals surface area contributed by atoms with Gasteiger partial charge in [-0.15, -0.1) is 0 Å². The maximum absolute atomic E-state index is 13.5. The Bertz CT molecular complexity index is 1530. The smallest absolute Gasteiger partial charge is 0.328 e. The lowest BCUT2D eigenvalue weighted by Gasteiger charge is -2.35. The van der Waals surface area contributed by atoms with Crippen LogP contribution in [0, 0.1) is 6.92 Å². The van der Waals surface area contributed by atoms with E-state index in [1.165, 1.54) is 18.9 Å². The molecule has 8 heteroatoms. The van der Waals surface area contributed by atoms with Crippen molar-refractivity contribution in [2.24, 2.45) is 0 Å². The second-order valence-corrected chi connectivity index (χ2v) is 9.60. The van der Waals surface area contributed by atoms with Crippen LogP contribution >= 0.6 is 11.8 Å². The highest BCUT2D eigenvalue weighted by Crippen LogP contribution is 2.27. The molecule has 182 valence electrons. The van der Waals surface area contributed by atoms with Gasteiger partial charge < -0.3 is 9.64 Å². The van der Waals surface area contributed by atoms with Gasteiger partial charge >= 0.3 is 5.97 Å². The van der Waals surface area contributed by atoms with E-state index in [-0.39, 0.29) is 17.2 Å². The van der Waals surface area contributed by atoms with Crippen LogP contribution in [0.4, 0.5) is 0 Å². The van der Waals surface area contributed by atoms with E-state index in [0.717, 1.165) is 22.4 Å². The predicted octanol–water partition coefficient (Wildman–Crippen LogP) is 3.91. The standard InChI is InChI=1S/C28H25N3O4S/c1-18-9-3-8-14-23(18)31-26(33)21-12-6-7-13-22(21)29-28(31)36-17-25(32)30-16-20-11-5-4-10-19(20)15-24(30)27(34)35-2/h3-14,24H,15-17H2,1-2H3/t24-/m0/s1. The van der Waals surface area contributed by atoms with Gasteiger partial charge in [0.25, 0.3) is 5.56 Å². The summed E-state index contributed by atoms with van der Waals surface area (Å²) in [6.45, 7) is 2.26. The summed E-state index contributed by atoms with van der Waals surface area (Å²) in [6, 6.07) is 21.9. The van der Waals surface area contributed by atoms with Crippen LogP contribution in [0.3, 0.4) is 0 Å². The monoisotopic (exact) mass is 499 g/mol. The van der Waals surface area contributed by atoms with Crippen molar-refractivity contribution >= 4 is 34.5 Å². The van der Waals surface area contributed by atoms with Gasteiger partial charge in [0.2, 0.25) is 5.91 Å². The van der Waals surface area contributed by atoms with Crippen LogP contribution in [0.2, 0.25) is 0 Å². The first-order valence-corrected chi connectivity index (χ1v) is 12.6. The maximum atomic E-state index is 13.5. The van der Waals surface area contributed by atoms with E-state index in [1.807, 2.05) is 67.6 Å². The zero-order chi connectivity index (χ0) is 25.2. The molecule has 0 aliphatic carbocycles. The molecule has 1 amide bonds. The summed E-state index contributed by atoms with van der Waals surface area (Å²) in [5.74, 6) is -0.640. The molecule has 0 spiro atoms. The first kappa shape index (κ1) is 23.8. The Morgan fingerprint density at radius 3 is 2.47 bits per heavy atom. The number of aromatic nitrogens is 2. The molecule has 0 saturated carbocycles. The summed E-state index contributed by atoms with van der Waals surface area (Å²) >= 11 is 1.19. The van der Waals surface area contributed by atoms with Crippen LogP contribution in [0.25, 0.3) is 16.6 Å². The molecule has 7 nitrogen and oxygen atoms in total. The molecule has 4 aromatic rings. The molecule has 36 heavy (non-hydrogen) atoms. The van der Waals surface area contributed by atoms with Crippen LogP contribution in [0.15, 0.2) is 82.7 Å². The Morgan fingerprint density at radius 1 is 1.00 bits per heavy atom. The molecular formula is C28H25N3O4S. The van der Waals surface area contributed by atoms with Crippen molar-refractivity contribution in [2.75, 3.05) is 12.9 Å². The molecule has 0 bridgehead atoms. The number of hydrogen-bond acceptors (Lipinski definition) is 6. The number of rotatable bonds is 5. The maximum Gasteiger partial charge on any atom is 0.328 e. The van der Waals surface area contributed by atoms with Crippen LogP contribution in [0.1, 0.15) is 16.7 Å². The highest BCUT2D eigenvalue weighted by molar-refractivity contribution is 7.99. The van der Waals surface area contributed by atoms with Crippen LogP contribution < -0.4 is 5.56 Å². The van der Waals surface area contributed by atoms with E-state index in [1.54, 1.807) is 21.6 Å². The molecule has 0 fully saturated rings. The minimum Gasteiger partial charge on any atom is -0.467 e. The Kier molecular flexibility index (Phi) is 6.61. The Balaban J connectivity index is 1.50. The molecule has 2 heterocycles. The Hall–Kier alpha value is -3.91. The van der Waals surface area contributed by atoms with Gasteiger partial charge in [-0.25, -0.2) is 9.78 Å². The summed E-state index contributed by atoms with van der Waals surface area (Å²) in [6.07, 6.45) is 0.404. The SMILES string of the molecule is COC(=O)[C@@H]1Cc2ccccc2CN1C(=O)CSc1nc2ccccc2c(=O)n1-c1ccccc1C. The lowest BCUT2D eigenvalue weighted by atomic mass is 9.94. The van der Waals surface area contributed by atoms with Crippen LogP contribution in [-0.4, -0.2) is 45.2 Å². The highest BCUT2D eigenvalue weighted by Gasteiger charge is 2.35. The quantitative estimate of drug-likeness (QED) is 0.235. The summed E-state index contributed by atoms with van der Waals surface area (Å²) in [4.78, 5) is 45.8. The zero-order valence-corrected chi connectivity index (χ0v) is 20.8. The number of fused-ring (bicyclic) bond motifs is 2. The number of thioether (sulfide) groups is 1. The van der Waals surface area contributed by atoms with Gasteiger partial charge in [-0.05, 0) is 41.8 Å². The lowest BCUT2D eigenvalue weighted by molar-refractivity contribution is -0.153. The number of carbonyl (C=O) groups excluding carboxylic acids is 2. The van der Waals surface area contributed by atoms with Crippen molar-refractivity contribution in [1.29, 1.82) is 0 Å². The molecular weight excluding hydrogens is 474 g/mol. The first-order valence-electron chi connectivity index (χ1n) is 11.6. The van der Waals surface area contributed by atoms with Gasteiger partial charge in [0.1, 0.15) is 6.04 Å². The number of methoxy groups -OCH3 is 1. The molecule has 1 aliphatic heterocycles.